The summed E-state index contributed by atoms with van der Waals surface area (Å²) in [6.07, 6.45) is -2.59. The fraction of sp³-hybridized carbons (Fsp3) is 0.364. The molecule has 2 aromatic heterocycles. The van der Waals surface area contributed by atoms with E-state index in [1.54, 1.807) is 12.1 Å². The lowest BCUT2D eigenvalue weighted by molar-refractivity contribution is -0.133. The Hall–Kier alpha value is -1.90. The van der Waals surface area contributed by atoms with Crippen LogP contribution in [0.15, 0.2) is 17.3 Å². The molecule has 20 heavy (non-hydrogen) atoms. The first-order valence-electron chi connectivity index (χ1n) is 5.55. The lowest BCUT2D eigenvalue weighted by Crippen LogP contribution is -2.09. The van der Waals surface area contributed by atoms with Crippen molar-refractivity contribution < 1.29 is 23.4 Å². The monoisotopic (exact) mass is 303 g/mol. The van der Waals surface area contributed by atoms with Gasteiger partial charge < -0.3 is 9.84 Å². The minimum atomic E-state index is -2.59. The molecule has 9 heteroatoms. The van der Waals surface area contributed by atoms with Gasteiger partial charge in [-0.05, 0) is 6.07 Å². The molecule has 0 saturated heterocycles. The van der Waals surface area contributed by atoms with E-state index >= 15 is 0 Å². The molecule has 108 valence electrons. The van der Waals surface area contributed by atoms with Gasteiger partial charge >= 0.3 is 5.97 Å². The molecule has 0 fully saturated rings. The van der Waals surface area contributed by atoms with Crippen molar-refractivity contribution in [3.8, 4) is 5.88 Å². The highest BCUT2D eigenvalue weighted by atomic mass is 32.2. The normalized spacial score (nSPS) is 11.2. The second-order valence-corrected chi connectivity index (χ2v) is 4.72. The van der Waals surface area contributed by atoms with Crippen molar-refractivity contribution in [3.05, 3.63) is 12.1 Å². The highest BCUT2D eigenvalue weighted by Gasteiger charge is 2.17. The highest BCUT2D eigenvalue weighted by Crippen LogP contribution is 2.25. The van der Waals surface area contributed by atoms with Crippen molar-refractivity contribution >= 4 is 28.9 Å². The molecule has 2 aromatic rings. The maximum absolute atomic E-state index is 12.7. The zero-order valence-electron chi connectivity index (χ0n) is 10.4. The van der Waals surface area contributed by atoms with E-state index in [0.29, 0.717) is 5.52 Å². The first-order valence-corrected chi connectivity index (χ1v) is 6.54. The van der Waals surface area contributed by atoms with E-state index in [0.717, 1.165) is 11.8 Å². The molecule has 0 aromatic carbocycles. The summed E-state index contributed by atoms with van der Waals surface area (Å²) in [5.74, 6) is -1.03. The van der Waals surface area contributed by atoms with Crippen LogP contribution in [0.25, 0.3) is 11.2 Å². The van der Waals surface area contributed by atoms with Crippen LogP contribution in [0.2, 0.25) is 0 Å². The summed E-state index contributed by atoms with van der Waals surface area (Å²) in [6, 6.07) is 3.15. The number of aliphatic carboxylic acids is 1. The first-order chi connectivity index (χ1) is 9.51. The Morgan fingerprint density at radius 1 is 1.50 bits per heavy atom. The summed E-state index contributed by atoms with van der Waals surface area (Å²) in [6.45, 7) is -0.599. The summed E-state index contributed by atoms with van der Waals surface area (Å²) >= 11 is 0.874. The molecule has 0 spiro atoms. The lowest BCUT2D eigenvalue weighted by atomic mass is 10.4. The SMILES string of the molecule is COc1ccc2nc(SCC(=O)O)n(CC(F)F)c2n1. The summed E-state index contributed by atoms with van der Waals surface area (Å²) in [4.78, 5) is 18.8. The van der Waals surface area contributed by atoms with E-state index in [1.165, 1.54) is 11.7 Å². The molecule has 0 radical (unpaired) electrons. The number of carboxylic acids is 1. The molecule has 0 saturated carbocycles. The standard InChI is InChI=1S/C11H11F2N3O3S/c1-19-8-3-2-6-10(15-8)16(4-7(12)13)11(14-6)20-5-9(17)18/h2-3,7H,4-5H2,1H3,(H,17,18). The third kappa shape index (κ3) is 3.16. The molecule has 1 N–H and O–H groups in total. The minimum absolute atomic E-state index is 0.198. The Morgan fingerprint density at radius 2 is 2.25 bits per heavy atom. The third-order valence-corrected chi connectivity index (χ3v) is 3.35. The van der Waals surface area contributed by atoms with Crippen molar-refractivity contribution in [1.29, 1.82) is 0 Å². The average molecular weight is 303 g/mol. The van der Waals surface area contributed by atoms with Crippen LogP contribution < -0.4 is 4.74 Å². The second kappa shape index (κ2) is 6.04. The molecule has 0 aliphatic rings. The molecular weight excluding hydrogens is 292 g/mol. The number of nitrogens with zero attached hydrogens (tertiary/aromatic N) is 3. The van der Waals surface area contributed by atoms with Gasteiger partial charge in [-0.15, -0.1) is 0 Å². The fourth-order valence-corrected chi connectivity index (χ4v) is 2.35. The maximum Gasteiger partial charge on any atom is 0.313 e. The van der Waals surface area contributed by atoms with Crippen molar-refractivity contribution in [1.82, 2.24) is 14.5 Å². The van der Waals surface area contributed by atoms with Crippen LogP contribution in [0.1, 0.15) is 0 Å². The number of hydrogen-bond donors (Lipinski definition) is 1. The molecular formula is C11H11F2N3O3S. The van der Waals surface area contributed by atoms with Gasteiger partial charge in [-0.25, -0.2) is 13.8 Å². The Bertz CT molecular complexity index is 633. The fourth-order valence-electron chi connectivity index (χ4n) is 1.62. The zero-order valence-corrected chi connectivity index (χ0v) is 11.2. The topological polar surface area (TPSA) is 77.2 Å². The number of imidazole rings is 1. The quantitative estimate of drug-likeness (QED) is 0.821. The molecule has 2 heterocycles. The van der Waals surface area contributed by atoms with Crippen LogP contribution >= 0.6 is 11.8 Å². The number of alkyl halides is 2. The van der Waals surface area contributed by atoms with Gasteiger partial charge in [0.2, 0.25) is 5.88 Å². The van der Waals surface area contributed by atoms with Crippen molar-refractivity contribution in [2.24, 2.45) is 0 Å². The van der Waals surface area contributed by atoms with E-state index in [9.17, 15) is 13.6 Å². The predicted octanol–water partition coefficient (Wildman–Crippen LogP) is 1.88. The lowest BCUT2D eigenvalue weighted by Gasteiger charge is -2.07. The number of carbonyl (C=O) groups is 1. The molecule has 0 atom stereocenters. The summed E-state index contributed by atoms with van der Waals surface area (Å²) in [5.41, 5.74) is 0.664. The molecule has 0 bridgehead atoms. The highest BCUT2D eigenvalue weighted by molar-refractivity contribution is 7.99. The van der Waals surface area contributed by atoms with E-state index < -0.39 is 18.9 Å². The number of fused-ring (bicyclic) bond motifs is 1. The zero-order chi connectivity index (χ0) is 14.7. The Balaban J connectivity index is 2.46. The average Bonchev–Trinajstić information content (AvgIpc) is 2.73. The van der Waals surface area contributed by atoms with Crippen molar-refractivity contribution in [2.75, 3.05) is 12.9 Å². The molecule has 0 aliphatic carbocycles. The van der Waals surface area contributed by atoms with Crippen LogP contribution in [0.5, 0.6) is 5.88 Å². The Labute approximate surface area is 116 Å². The number of thioether (sulfide) groups is 1. The second-order valence-electron chi connectivity index (χ2n) is 3.77. The van der Waals surface area contributed by atoms with Crippen LogP contribution in [0.4, 0.5) is 8.78 Å². The van der Waals surface area contributed by atoms with Gasteiger partial charge in [-0.1, -0.05) is 11.8 Å². The smallest absolute Gasteiger partial charge is 0.313 e. The van der Waals surface area contributed by atoms with E-state index in [4.69, 9.17) is 9.84 Å². The first kappa shape index (κ1) is 14.5. The van der Waals surface area contributed by atoms with E-state index in [1.807, 2.05) is 0 Å². The predicted molar refractivity (Wildman–Crippen MR) is 68.4 cm³/mol. The molecule has 0 amide bonds. The van der Waals surface area contributed by atoms with Gasteiger partial charge in [0.25, 0.3) is 6.43 Å². The summed E-state index contributed by atoms with van der Waals surface area (Å²) < 4.78 is 31.5. The van der Waals surface area contributed by atoms with Crippen molar-refractivity contribution in [3.63, 3.8) is 0 Å². The van der Waals surface area contributed by atoms with Crippen LogP contribution in [0, 0.1) is 0 Å². The number of rotatable bonds is 6. The van der Waals surface area contributed by atoms with Gasteiger partial charge in [-0.2, -0.15) is 4.98 Å². The number of pyridine rings is 1. The van der Waals surface area contributed by atoms with E-state index in [2.05, 4.69) is 9.97 Å². The third-order valence-electron chi connectivity index (χ3n) is 2.39. The van der Waals surface area contributed by atoms with Gasteiger partial charge in [0.05, 0.1) is 19.4 Å². The van der Waals surface area contributed by atoms with Gasteiger partial charge in [0.1, 0.15) is 5.52 Å². The Kier molecular flexibility index (Phi) is 4.38. The minimum Gasteiger partial charge on any atom is -0.481 e. The number of hydrogen-bond acceptors (Lipinski definition) is 5. The largest absolute Gasteiger partial charge is 0.481 e. The van der Waals surface area contributed by atoms with Crippen LogP contribution in [-0.4, -0.2) is 44.9 Å². The summed E-state index contributed by atoms with van der Waals surface area (Å²) in [5, 5.41) is 8.86. The number of methoxy groups -OCH3 is 1. The molecule has 0 unspecified atom stereocenters. The Morgan fingerprint density at radius 3 is 2.85 bits per heavy atom. The van der Waals surface area contributed by atoms with Crippen LogP contribution in [0.3, 0.4) is 0 Å². The molecule has 6 nitrogen and oxygen atoms in total. The van der Waals surface area contributed by atoms with Gasteiger partial charge in [-0.3, -0.25) is 9.36 Å². The molecule has 0 aliphatic heterocycles. The van der Waals surface area contributed by atoms with Crippen LogP contribution in [-0.2, 0) is 11.3 Å². The molecule has 2 rings (SSSR count). The number of carboxylic acid groups (broad SMARTS) is 1. The number of aromatic nitrogens is 3. The van der Waals surface area contributed by atoms with Gasteiger partial charge in [0.15, 0.2) is 10.8 Å². The number of ether oxygens (including phenoxy) is 1. The van der Waals surface area contributed by atoms with Crippen molar-refractivity contribution in [2.45, 2.75) is 18.1 Å². The number of halogens is 2. The van der Waals surface area contributed by atoms with E-state index in [-0.39, 0.29) is 22.4 Å². The summed E-state index contributed by atoms with van der Waals surface area (Å²) in [7, 11) is 1.42. The maximum atomic E-state index is 12.7. The van der Waals surface area contributed by atoms with Gasteiger partial charge in [0, 0.05) is 6.07 Å².